The fourth-order valence-electron chi connectivity index (χ4n) is 1.94. The minimum atomic E-state index is -0.148. The van der Waals surface area contributed by atoms with E-state index < -0.39 is 0 Å². The summed E-state index contributed by atoms with van der Waals surface area (Å²) in [7, 11) is 0. The average molecular weight is 266 g/mol. The van der Waals surface area contributed by atoms with Gasteiger partial charge in [0.25, 0.3) is 0 Å². The van der Waals surface area contributed by atoms with Crippen LogP contribution in [0.2, 0.25) is 0 Å². The number of hydrogen-bond donors (Lipinski definition) is 1. The van der Waals surface area contributed by atoms with E-state index in [1.807, 2.05) is 31.2 Å². The second kappa shape index (κ2) is 6.99. The number of benzene rings is 1. The van der Waals surface area contributed by atoms with Gasteiger partial charge in [-0.3, -0.25) is 4.79 Å². The van der Waals surface area contributed by atoms with Crippen LogP contribution >= 0.6 is 0 Å². The van der Waals surface area contributed by atoms with Gasteiger partial charge in [-0.05, 0) is 19.1 Å². The molecule has 0 saturated carbocycles. The lowest BCUT2D eigenvalue weighted by Crippen LogP contribution is -2.87. The zero-order valence-electron chi connectivity index (χ0n) is 11.1. The highest BCUT2D eigenvalue weighted by Crippen LogP contribution is 2.30. The first-order chi connectivity index (χ1) is 9.29. The van der Waals surface area contributed by atoms with Gasteiger partial charge in [-0.25, -0.2) is 0 Å². The lowest BCUT2D eigenvalue weighted by molar-refractivity contribution is -0.659. The van der Waals surface area contributed by atoms with Crippen LogP contribution < -0.4 is 14.8 Å². The molecule has 1 aromatic rings. The molecule has 5 heteroatoms. The molecule has 1 aliphatic heterocycles. The number of ether oxygens (including phenoxy) is 3. The van der Waals surface area contributed by atoms with Crippen LogP contribution in [0.15, 0.2) is 24.3 Å². The molecule has 0 aliphatic carbocycles. The highest BCUT2D eigenvalue weighted by Gasteiger charge is 2.21. The van der Waals surface area contributed by atoms with Crippen LogP contribution in [0.25, 0.3) is 0 Å². The predicted octanol–water partition coefficient (Wildman–Crippen LogP) is 0.343. The van der Waals surface area contributed by atoms with Gasteiger partial charge < -0.3 is 19.5 Å². The molecule has 1 aliphatic rings. The Morgan fingerprint density at radius 1 is 1.42 bits per heavy atom. The monoisotopic (exact) mass is 266 g/mol. The molecule has 1 aromatic carbocycles. The second-order valence-corrected chi connectivity index (χ2v) is 4.37. The van der Waals surface area contributed by atoms with Gasteiger partial charge in [0.05, 0.1) is 19.6 Å². The third-order valence-corrected chi connectivity index (χ3v) is 2.85. The average Bonchev–Trinajstić information content (AvgIpc) is 2.44. The molecule has 0 fully saturated rings. The van der Waals surface area contributed by atoms with Crippen LogP contribution in [0, 0.1) is 0 Å². The Bertz CT molecular complexity index is 422. The van der Waals surface area contributed by atoms with Gasteiger partial charge in [0.2, 0.25) is 0 Å². The first-order valence-corrected chi connectivity index (χ1v) is 6.65. The maximum atomic E-state index is 11.2. The molecule has 0 spiro atoms. The molecule has 5 nitrogen and oxygen atoms in total. The Balaban J connectivity index is 1.67. The summed E-state index contributed by atoms with van der Waals surface area (Å²) in [6.45, 7) is 4.28. The van der Waals surface area contributed by atoms with E-state index in [1.54, 1.807) is 0 Å². The largest absolute Gasteiger partial charge is 0.486 e. The van der Waals surface area contributed by atoms with Crippen LogP contribution in [0.4, 0.5) is 0 Å². The zero-order valence-corrected chi connectivity index (χ0v) is 11.1. The maximum absolute atomic E-state index is 11.2. The number of carbonyl (C=O) groups excluding carboxylic acids is 1. The van der Waals surface area contributed by atoms with E-state index in [0.29, 0.717) is 26.2 Å². The van der Waals surface area contributed by atoms with Crippen molar-refractivity contribution in [3.8, 4) is 11.5 Å². The first-order valence-electron chi connectivity index (χ1n) is 6.65. The van der Waals surface area contributed by atoms with Crippen LogP contribution in [0.3, 0.4) is 0 Å². The third kappa shape index (κ3) is 4.13. The second-order valence-electron chi connectivity index (χ2n) is 4.37. The molecule has 2 N–H and O–H groups in total. The van der Waals surface area contributed by atoms with Crippen LogP contribution in [-0.4, -0.2) is 38.4 Å². The molecule has 1 atom stereocenters. The predicted molar refractivity (Wildman–Crippen MR) is 69.3 cm³/mol. The Hall–Kier alpha value is -1.75. The van der Waals surface area contributed by atoms with Crippen LogP contribution in [0.1, 0.15) is 13.3 Å². The molecule has 19 heavy (non-hydrogen) atoms. The Morgan fingerprint density at radius 3 is 3.00 bits per heavy atom. The quantitative estimate of drug-likeness (QED) is 0.596. The first kappa shape index (κ1) is 13.7. The van der Waals surface area contributed by atoms with Gasteiger partial charge in [0, 0.05) is 0 Å². The summed E-state index contributed by atoms with van der Waals surface area (Å²) in [5, 5.41) is 2.05. The lowest BCUT2D eigenvalue weighted by atomic mass is 10.2. The third-order valence-electron chi connectivity index (χ3n) is 2.85. The highest BCUT2D eigenvalue weighted by molar-refractivity contribution is 5.69. The molecule has 2 rings (SSSR count). The summed E-state index contributed by atoms with van der Waals surface area (Å²) in [4.78, 5) is 11.2. The lowest BCUT2D eigenvalue weighted by Gasteiger charge is -2.25. The molecular formula is C14H20NO4+. The van der Waals surface area contributed by atoms with E-state index in [-0.39, 0.29) is 12.1 Å². The van der Waals surface area contributed by atoms with Gasteiger partial charge in [-0.15, -0.1) is 0 Å². The Labute approximate surface area is 112 Å². The molecule has 0 unspecified atom stereocenters. The smallest absolute Gasteiger partial charge is 0.311 e. The minimum absolute atomic E-state index is 0.0251. The molecule has 0 amide bonds. The van der Waals surface area contributed by atoms with Crippen molar-refractivity contribution in [3.63, 3.8) is 0 Å². The standard InChI is InChI=1S/C14H19NO4/c1-2-17-14(16)7-8-15-9-11-10-18-12-5-3-4-6-13(12)19-11/h3-6,11,15H,2,7-10H2,1H3/p+1/t11-/m0/s1. The summed E-state index contributed by atoms with van der Waals surface area (Å²) in [6.07, 6.45) is 0.454. The molecule has 0 bridgehead atoms. The summed E-state index contributed by atoms with van der Waals surface area (Å²) in [5.74, 6) is 1.44. The molecule has 0 radical (unpaired) electrons. The van der Waals surface area contributed by atoms with Crippen molar-refractivity contribution < 1.29 is 24.3 Å². The molecule has 1 heterocycles. The summed E-state index contributed by atoms with van der Waals surface area (Å²) in [5.41, 5.74) is 0. The summed E-state index contributed by atoms with van der Waals surface area (Å²) in [6, 6.07) is 7.65. The van der Waals surface area contributed by atoms with Crippen LogP contribution in [0.5, 0.6) is 11.5 Å². The van der Waals surface area contributed by atoms with E-state index in [2.05, 4.69) is 5.32 Å². The number of quaternary nitrogens is 1. The van der Waals surface area contributed by atoms with Crippen molar-refractivity contribution in [2.24, 2.45) is 0 Å². The molecule has 0 saturated heterocycles. The number of nitrogens with two attached hydrogens (primary N) is 1. The number of carbonyl (C=O) groups is 1. The molecular weight excluding hydrogens is 246 g/mol. The van der Waals surface area contributed by atoms with Crippen molar-refractivity contribution in [1.29, 1.82) is 0 Å². The van der Waals surface area contributed by atoms with Crippen molar-refractivity contribution in [3.05, 3.63) is 24.3 Å². The van der Waals surface area contributed by atoms with Crippen molar-refractivity contribution in [1.82, 2.24) is 0 Å². The Morgan fingerprint density at radius 2 is 2.21 bits per heavy atom. The summed E-state index contributed by atoms with van der Waals surface area (Å²) >= 11 is 0. The van der Waals surface area contributed by atoms with Gasteiger partial charge in [-0.1, -0.05) is 12.1 Å². The fraction of sp³-hybridized carbons (Fsp3) is 0.500. The number of fused-ring (bicyclic) bond motifs is 1. The highest BCUT2D eigenvalue weighted by atomic mass is 16.6. The Kier molecular flexibility index (Phi) is 5.03. The van der Waals surface area contributed by atoms with E-state index in [9.17, 15) is 4.79 Å². The number of rotatable bonds is 6. The van der Waals surface area contributed by atoms with E-state index in [1.165, 1.54) is 0 Å². The number of para-hydroxylation sites is 2. The van der Waals surface area contributed by atoms with Crippen molar-refractivity contribution >= 4 is 5.97 Å². The normalized spacial score (nSPS) is 17.0. The van der Waals surface area contributed by atoms with Crippen molar-refractivity contribution in [2.45, 2.75) is 19.4 Å². The zero-order chi connectivity index (χ0) is 13.5. The van der Waals surface area contributed by atoms with E-state index in [4.69, 9.17) is 14.2 Å². The van der Waals surface area contributed by atoms with Crippen molar-refractivity contribution in [2.75, 3.05) is 26.3 Å². The van der Waals surface area contributed by atoms with E-state index in [0.717, 1.165) is 18.0 Å². The van der Waals surface area contributed by atoms with Crippen LogP contribution in [-0.2, 0) is 9.53 Å². The summed E-state index contributed by atoms with van der Waals surface area (Å²) < 4.78 is 16.3. The molecule has 104 valence electrons. The fourth-order valence-corrected chi connectivity index (χ4v) is 1.94. The van der Waals surface area contributed by atoms with E-state index >= 15 is 0 Å². The topological polar surface area (TPSA) is 61.4 Å². The van der Waals surface area contributed by atoms with Gasteiger partial charge in [-0.2, -0.15) is 0 Å². The minimum Gasteiger partial charge on any atom is -0.486 e. The number of hydrogen-bond acceptors (Lipinski definition) is 4. The number of esters is 1. The SMILES string of the molecule is CCOC(=O)CC[NH2+]C[C@H]1COc2ccccc2O1. The van der Waals surface area contributed by atoms with Gasteiger partial charge in [0.1, 0.15) is 13.2 Å². The maximum Gasteiger partial charge on any atom is 0.311 e. The molecule has 0 aromatic heterocycles. The van der Waals surface area contributed by atoms with Gasteiger partial charge in [0.15, 0.2) is 17.6 Å². The van der Waals surface area contributed by atoms with Gasteiger partial charge >= 0.3 is 5.97 Å².